The molecule has 0 aromatic rings. The molecule has 0 bridgehead atoms. The maximum absolute atomic E-state index is 9.56. The van der Waals surface area contributed by atoms with Crippen molar-refractivity contribution in [1.29, 1.82) is 0 Å². The van der Waals surface area contributed by atoms with Gasteiger partial charge in [-0.2, -0.15) is 0 Å². The second kappa shape index (κ2) is 15.8. The SMILES string of the molecule is CCNC(=NCCCN(C(C)C)C(C)C)NCCCN1CCC(O)CC1.I. The van der Waals surface area contributed by atoms with Gasteiger partial charge in [0.25, 0.3) is 0 Å². The molecule has 1 fully saturated rings. The molecule has 1 aliphatic rings. The van der Waals surface area contributed by atoms with Crippen LogP contribution in [0.4, 0.5) is 0 Å². The van der Waals surface area contributed by atoms with Crippen LogP contribution in [0.25, 0.3) is 0 Å². The van der Waals surface area contributed by atoms with Crippen LogP contribution < -0.4 is 10.6 Å². The molecule has 0 saturated carbocycles. The summed E-state index contributed by atoms with van der Waals surface area (Å²) in [5, 5.41) is 16.4. The van der Waals surface area contributed by atoms with E-state index in [1.54, 1.807) is 0 Å². The predicted octanol–water partition coefficient (Wildman–Crippen LogP) is 2.52. The second-order valence-electron chi connectivity index (χ2n) is 7.89. The van der Waals surface area contributed by atoms with E-state index in [-0.39, 0.29) is 30.1 Å². The first-order valence-electron chi connectivity index (χ1n) is 10.6. The Labute approximate surface area is 184 Å². The lowest BCUT2D eigenvalue weighted by Gasteiger charge is -2.30. The highest BCUT2D eigenvalue weighted by Crippen LogP contribution is 2.09. The number of halogens is 1. The molecule has 0 spiro atoms. The van der Waals surface area contributed by atoms with Gasteiger partial charge >= 0.3 is 0 Å². The van der Waals surface area contributed by atoms with Gasteiger partial charge in [-0.3, -0.25) is 9.89 Å². The minimum Gasteiger partial charge on any atom is -0.393 e. The lowest BCUT2D eigenvalue weighted by atomic mass is 10.1. The van der Waals surface area contributed by atoms with Crippen LogP contribution in [0.3, 0.4) is 0 Å². The van der Waals surface area contributed by atoms with E-state index in [0.717, 1.165) is 77.5 Å². The lowest BCUT2D eigenvalue weighted by molar-refractivity contribution is 0.0823. The lowest BCUT2D eigenvalue weighted by Crippen LogP contribution is -2.40. The molecule has 1 rings (SSSR count). The molecule has 0 aromatic heterocycles. The zero-order chi connectivity index (χ0) is 19.4. The van der Waals surface area contributed by atoms with Crippen LogP contribution in [0, 0.1) is 0 Å². The number of aliphatic hydroxyl groups is 1. The largest absolute Gasteiger partial charge is 0.393 e. The molecule has 0 unspecified atom stereocenters. The molecule has 3 N–H and O–H groups in total. The van der Waals surface area contributed by atoms with Gasteiger partial charge in [0.1, 0.15) is 0 Å². The minimum atomic E-state index is -0.0841. The van der Waals surface area contributed by atoms with E-state index in [1.165, 1.54) is 0 Å². The van der Waals surface area contributed by atoms with E-state index in [4.69, 9.17) is 4.99 Å². The smallest absolute Gasteiger partial charge is 0.191 e. The van der Waals surface area contributed by atoms with Crippen molar-refractivity contribution in [3.05, 3.63) is 0 Å². The molecule has 0 aliphatic carbocycles. The maximum atomic E-state index is 9.56. The van der Waals surface area contributed by atoms with Crippen LogP contribution in [0.1, 0.15) is 60.3 Å². The minimum absolute atomic E-state index is 0. The first-order valence-corrected chi connectivity index (χ1v) is 10.6. The second-order valence-corrected chi connectivity index (χ2v) is 7.89. The standard InChI is InChI=1S/C20H43N5O.HI/c1-6-21-20(23-12-8-14-25(17(2)3)18(4)5)22-11-7-13-24-15-9-19(26)10-16-24;/h17-19,26H,6-16H2,1-5H3,(H2,21,22,23);1H. The Morgan fingerprint density at radius 1 is 1.11 bits per heavy atom. The number of hydrogen-bond acceptors (Lipinski definition) is 4. The molecular formula is C20H44IN5O. The third-order valence-corrected chi connectivity index (χ3v) is 5.02. The summed E-state index contributed by atoms with van der Waals surface area (Å²) >= 11 is 0. The van der Waals surface area contributed by atoms with Crippen LogP contribution in [0.5, 0.6) is 0 Å². The Morgan fingerprint density at radius 2 is 1.74 bits per heavy atom. The van der Waals surface area contributed by atoms with E-state index in [9.17, 15) is 5.11 Å². The normalized spacial score (nSPS) is 16.9. The summed E-state index contributed by atoms with van der Waals surface area (Å²) in [4.78, 5) is 9.69. The summed E-state index contributed by atoms with van der Waals surface area (Å²) in [5.74, 6) is 0.933. The highest BCUT2D eigenvalue weighted by atomic mass is 127. The summed E-state index contributed by atoms with van der Waals surface area (Å²) < 4.78 is 0. The van der Waals surface area contributed by atoms with Crippen molar-refractivity contribution in [3.63, 3.8) is 0 Å². The van der Waals surface area contributed by atoms with Crippen LogP contribution in [0.15, 0.2) is 4.99 Å². The summed E-state index contributed by atoms with van der Waals surface area (Å²) in [6.07, 6.45) is 3.94. The summed E-state index contributed by atoms with van der Waals surface area (Å²) in [5.41, 5.74) is 0. The van der Waals surface area contributed by atoms with E-state index in [1.807, 2.05) is 0 Å². The van der Waals surface area contributed by atoms with Gasteiger partial charge in [0, 0.05) is 51.4 Å². The van der Waals surface area contributed by atoms with Gasteiger partial charge in [0.05, 0.1) is 6.10 Å². The Morgan fingerprint density at radius 3 is 2.30 bits per heavy atom. The molecular weight excluding hydrogens is 453 g/mol. The van der Waals surface area contributed by atoms with Gasteiger partial charge in [0.2, 0.25) is 0 Å². The molecule has 0 amide bonds. The number of aliphatic hydroxyl groups excluding tert-OH is 1. The van der Waals surface area contributed by atoms with E-state index >= 15 is 0 Å². The number of likely N-dealkylation sites (tertiary alicyclic amines) is 1. The molecule has 7 heteroatoms. The number of hydrogen-bond donors (Lipinski definition) is 3. The van der Waals surface area contributed by atoms with E-state index in [2.05, 4.69) is 55.1 Å². The Bertz CT molecular complexity index is 377. The number of guanidine groups is 1. The van der Waals surface area contributed by atoms with Crippen LogP contribution in [-0.2, 0) is 0 Å². The first kappa shape index (κ1) is 26.9. The number of nitrogens with zero attached hydrogens (tertiary/aromatic N) is 3. The number of aliphatic imine (C=N–C) groups is 1. The molecule has 1 heterocycles. The van der Waals surface area contributed by atoms with Crippen LogP contribution >= 0.6 is 24.0 Å². The fourth-order valence-corrected chi connectivity index (χ4v) is 3.55. The third-order valence-electron chi connectivity index (χ3n) is 5.02. The van der Waals surface area contributed by atoms with E-state index < -0.39 is 0 Å². The average Bonchev–Trinajstić information content (AvgIpc) is 2.59. The quantitative estimate of drug-likeness (QED) is 0.177. The summed E-state index contributed by atoms with van der Waals surface area (Å²) in [6, 6.07) is 1.17. The van der Waals surface area contributed by atoms with E-state index in [0.29, 0.717) is 12.1 Å². The first-order chi connectivity index (χ1) is 12.4. The van der Waals surface area contributed by atoms with Crippen LogP contribution in [-0.4, -0.2) is 84.9 Å². The highest BCUT2D eigenvalue weighted by molar-refractivity contribution is 14.0. The molecule has 162 valence electrons. The fourth-order valence-electron chi connectivity index (χ4n) is 3.55. The topological polar surface area (TPSA) is 63.1 Å². The van der Waals surface area contributed by atoms with Crippen molar-refractivity contribution in [2.24, 2.45) is 4.99 Å². The van der Waals surface area contributed by atoms with Gasteiger partial charge in [0.15, 0.2) is 5.96 Å². The highest BCUT2D eigenvalue weighted by Gasteiger charge is 2.16. The van der Waals surface area contributed by atoms with Crippen molar-refractivity contribution >= 4 is 29.9 Å². The Kier molecular flexibility index (Phi) is 15.7. The monoisotopic (exact) mass is 497 g/mol. The van der Waals surface area contributed by atoms with Gasteiger partial charge in [-0.25, -0.2) is 0 Å². The molecule has 27 heavy (non-hydrogen) atoms. The van der Waals surface area contributed by atoms with Gasteiger partial charge in [-0.1, -0.05) is 0 Å². The van der Waals surface area contributed by atoms with Gasteiger partial charge in [-0.05, 0) is 66.8 Å². The fraction of sp³-hybridized carbons (Fsp3) is 0.950. The number of piperidine rings is 1. The van der Waals surface area contributed by atoms with Crippen molar-refractivity contribution < 1.29 is 5.11 Å². The molecule has 1 aliphatic heterocycles. The molecule has 0 radical (unpaired) electrons. The summed E-state index contributed by atoms with van der Waals surface area (Å²) in [7, 11) is 0. The third kappa shape index (κ3) is 12.1. The number of nitrogens with one attached hydrogen (secondary N) is 2. The summed E-state index contributed by atoms with van der Waals surface area (Å²) in [6.45, 7) is 18.1. The van der Waals surface area contributed by atoms with Crippen molar-refractivity contribution in [3.8, 4) is 0 Å². The van der Waals surface area contributed by atoms with Crippen LogP contribution in [0.2, 0.25) is 0 Å². The van der Waals surface area contributed by atoms with Crippen molar-refractivity contribution in [2.75, 3.05) is 45.8 Å². The van der Waals surface area contributed by atoms with Gasteiger partial charge in [-0.15, -0.1) is 24.0 Å². The molecule has 6 nitrogen and oxygen atoms in total. The Hall–Kier alpha value is -0.120. The van der Waals surface area contributed by atoms with Crippen molar-refractivity contribution in [1.82, 2.24) is 20.4 Å². The zero-order valence-electron chi connectivity index (χ0n) is 18.2. The average molecular weight is 498 g/mol. The molecule has 0 aromatic carbocycles. The maximum Gasteiger partial charge on any atom is 0.191 e. The predicted molar refractivity (Wildman–Crippen MR) is 127 cm³/mol. The number of rotatable bonds is 11. The van der Waals surface area contributed by atoms with Gasteiger partial charge < -0.3 is 20.6 Å². The molecule has 0 atom stereocenters. The van der Waals surface area contributed by atoms with Crippen molar-refractivity contribution in [2.45, 2.75) is 78.5 Å². The molecule has 1 saturated heterocycles. The Balaban J connectivity index is 0.00000676. The zero-order valence-corrected chi connectivity index (χ0v) is 20.5.